The summed E-state index contributed by atoms with van der Waals surface area (Å²) in [4.78, 5) is 45.2. The molecule has 3 rings (SSSR count). The van der Waals surface area contributed by atoms with E-state index in [1.807, 2.05) is 20.8 Å². The zero-order valence-corrected chi connectivity index (χ0v) is 16.2. The number of ether oxygens (including phenoxy) is 1. The number of amides is 1. The summed E-state index contributed by atoms with van der Waals surface area (Å²) in [5.41, 5.74) is 0.812. The maximum absolute atomic E-state index is 12.5. The largest absolute Gasteiger partial charge is 0.465 e. The van der Waals surface area contributed by atoms with Crippen molar-refractivity contribution in [1.29, 1.82) is 0 Å². The van der Waals surface area contributed by atoms with Gasteiger partial charge in [0, 0.05) is 23.2 Å². The molecule has 0 saturated heterocycles. The van der Waals surface area contributed by atoms with E-state index in [0.29, 0.717) is 22.2 Å². The van der Waals surface area contributed by atoms with E-state index in [1.165, 1.54) is 24.0 Å². The zero-order chi connectivity index (χ0) is 20.4. The van der Waals surface area contributed by atoms with Crippen LogP contribution in [0, 0.1) is 11.8 Å². The summed E-state index contributed by atoms with van der Waals surface area (Å²) >= 11 is 0. The number of benzene rings is 1. The highest BCUT2D eigenvalue weighted by atomic mass is 16.5. The second kappa shape index (κ2) is 7.75. The van der Waals surface area contributed by atoms with E-state index < -0.39 is 11.5 Å². The van der Waals surface area contributed by atoms with E-state index >= 15 is 0 Å². The summed E-state index contributed by atoms with van der Waals surface area (Å²) in [6, 6.07) is 5.23. The Morgan fingerprint density at radius 3 is 2.68 bits per heavy atom. The predicted molar refractivity (Wildman–Crippen MR) is 105 cm³/mol. The van der Waals surface area contributed by atoms with E-state index in [0.717, 1.165) is 6.42 Å². The van der Waals surface area contributed by atoms with Crippen molar-refractivity contribution in [3.05, 3.63) is 46.6 Å². The lowest BCUT2D eigenvalue weighted by molar-refractivity contribution is -0.120. The molecule has 2 unspecified atom stereocenters. The number of nitrogens with zero attached hydrogens (tertiary/aromatic N) is 3. The van der Waals surface area contributed by atoms with Gasteiger partial charge in [-0.2, -0.15) is 0 Å². The van der Waals surface area contributed by atoms with Gasteiger partial charge in [-0.05, 0) is 24.1 Å². The number of anilines is 1. The summed E-state index contributed by atoms with van der Waals surface area (Å²) in [6.07, 6.45) is 3.43. The highest BCUT2D eigenvalue weighted by molar-refractivity contribution is 5.98. The number of hydrogen-bond acceptors (Lipinski definition) is 6. The van der Waals surface area contributed by atoms with Crippen molar-refractivity contribution in [3.63, 3.8) is 0 Å². The van der Waals surface area contributed by atoms with Crippen molar-refractivity contribution >= 4 is 34.1 Å². The molecular weight excluding hydrogens is 360 g/mol. The van der Waals surface area contributed by atoms with Crippen molar-refractivity contribution in [2.45, 2.75) is 27.2 Å². The third-order valence-electron chi connectivity index (χ3n) is 5.13. The lowest BCUT2D eigenvalue weighted by Gasteiger charge is -2.18. The first kappa shape index (κ1) is 19.5. The maximum Gasteiger partial charge on any atom is 0.345 e. The number of esters is 1. The molecule has 2 atom stereocenters. The average molecular weight is 382 g/mol. The Balaban J connectivity index is 2.06. The Labute approximate surface area is 161 Å². The van der Waals surface area contributed by atoms with Gasteiger partial charge in [-0.3, -0.25) is 9.59 Å². The molecule has 2 aromatic heterocycles. The lowest BCUT2D eigenvalue weighted by Crippen LogP contribution is -2.25. The fourth-order valence-corrected chi connectivity index (χ4v) is 2.92. The van der Waals surface area contributed by atoms with Crippen molar-refractivity contribution in [2.75, 3.05) is 12.4 Å². The zero-order valence-electron chi connectivity index (χ0n) is 16.2. The van der Waals surface area contributed by atoms with Crippen LogP contribution in [0.2, 0.25) is 0 Å². The van der Waals surface area contributed by atoms with E-state index in [4.69, 9.17) is 0 Å². The molecule has 8 heteroatoms. The monoisotopic (exact) mass is 382 g/mol. The molecule has 8 nitrogen and oxygen atoms in total. The van der Waals surface area contributed by atoms with Gasteiger partial charge in [0.1, 0.15) is 17.5 Å². The second-order valence-corrected chi connectivity index (χ2v) is 6.80. The summed E-state index contributed by atoms with van der Waals surface area (Å²) in [6.45, 7) is 5.99. The summed E-state index contributed by atoms with van der Waals surface area (Å²) in [5, 5.41) is 3.50. The van der Waals surface area contributed by atoms with Crippen molar-refractivity contribution < 1.29 is 14.3 Å². The molecule has 1 aromatic carbocycles. The normalized spacial score (nSPS) is 13.3. The molecule has 0 saturated carbocycles. The van der Waals surface area contributed by atoms with Crippen LogP contribution in [0.15, 0.2) is 35.5 Å². The predicted octanol–water partition coefficient (Wildman–Crippen LogP) is 2.65. The van der Waals surface area contributed by atoms with Crippen molar-refractivity contribution in [2.24, 2.45) is 11.8 Å². The Kier molecular flexibility index (Phi) is 5.39. The van der Waals surface area contributed by atoms with Gasteiger partial charge >= 0.3 is 5.97 Å². The Hall–Kier alpha value is -3.29. The molecule has 3 aromatic rings. The average Bonchev–Trinajstić information content (AvgIpc) is 2.72. The van der Waals surface area contributed by atoms with E-state index in [9.17, 15) is 14.4 Å². The first-order valence-electron chi connectivity index (χ1n) is 9.06. The van der Waals surface area contributed by atoms with Gasteiger partial charge in [-0.1, -0.05) is 27.2 Å². The molecule has 0 aliphatic carbocycles. The number of nitrogens with one attached hydrogen (secondary N) is 1. The number of carbonyl (C=O) groups is 2. The van der Waals surface area contributed by atoms with Crippen LogP contribution in [-0.4, -0.2) is 33.4 Å². The van der Waals surface area contributed by atoms with E-state index in [-0.39, 0.29) is 23.3 Å². The molecule has 0 bridgehead atoms. The van der Waals surface area contributed by atoms with Crippen molar-refractivity contribution in [1.82, 2.24) is 14.4 Å². The quantitative estimate of drug-likeness (QED) is 0.538. The number of methoxy groups -OCH3 is 1. The van der Waals surface area contributed by atoms with Gasteiger partial charge in [-0.25, -0.2) is 19.2 Å². The minimum atomic E-state index is -0.757. The van der Waals surface area contributed by atoms with Crippen molar-refractivity contribution in [3.8, 4) is 0 Å². The minimum Gasteiger partial charge on any atom is -0.465 e. The third kappa shape index (κ3) is 3.45. The molecule has 0 spiro atoms. The highest BCUT2D eigenvalue weighted by Gasteiger charge is 2.19. The number of hydrogen-bond donors (Lipinski definition) is 1. The summed E-state index contributed by atoms with van der Waals surface area (Å²) in [5.74, 6) is -0.693. The smallest absolute Gasteiger partial charge is 0.345 e. The Morgan fingerprint density at radius 1 is 1.25 bits per heavy atom. The van der Waals surface area contributed by atoms with Gasteiger partial charge in [0.25, 0.3) is 5.56 Å². The Bertz CT molecular complexity index is 1120. The van der Waals surface area contributed by atoms with E-state index in [2.05, 4.69) is 20.0 Å². The Morgan fingerprint density at radius 2 is 2.00 bits per heavy atom. The number of aromatic nitrogens is 3. The number of carbonyl (C=O) groups excluding carboxylic acids is 2. The molecule has 0 aliphatic heterocycles. The minimum absolute atomic E-state index is 0.0694. The fraction of sp³-hybridized carbons (Fsp3) is 0.350. The number of rotatable bonds is 5. The standard InChI is InChI=1S/C20H22N4O4/c1-5-11(2)12(3)18(25)23-13-6-7-16-14(8-13)17-21-9-15(20(27)28-4)19(26)24(17)10-22-16/h6-12H,5H2,1-4H3,(H,23,25). The maximum atomic E-state index is 12.5. The van der Waals surface area contributed by atoms with Crippen LogP contribution in [0.3, 0.4) is 0 Å². The van der Waals surface area contributed by atoms with Gasteiger partial charge in [0.2, 0.25) is 5.91 Å². The topological polar surface area (TPSA) is 103 Å². The van der Waals surface area contributed by atoms with Gasteiger partial charge in [-0.15, -0.1) is 0 Å². The fourth-order valence-electron chi connectivity index (χ4n) is 2.92. The molecule has 0 aliphatic rings. The van der Waals surface area contributed by atoms with Crippen LogP contribution >= 0.6 is 0 Å². The molecule has 0 fully saturated rings. The van der Waals surface area contributed by atoms with Crippen LogP contribution in [0.4, 0.5) is 5.69 Å². The van der Waals surface area contributed by atoms with Gasteiger partial charge in [0.15, 0.2) is 0 Å². The molecule has 2 heterocycles. The highest BCUT2D eigenvalue weighted by Crippen LogP contribution is 2.22. The first-order chi connectivity index (χ1) is 13.4. The van der Waals surface area contributed by atoms with E-state index in [1.54, 1.807) is 18.2 Å². The lowest BCUT2D eigenvalue weighted by atomic mass is 9.93. The molecule has 1 amide bonds. The first-order valence-corrected chi connectivity index (χ1v) is 9.06. The molecular formula is C20H22N4O4. The van der Waals surface area contributed by atoms with Gasteiger partial charge < -0.3 is 10.1 Å². The molecule has 28 heavy (non-hydrogen) atoms. The summed E-state index contributed by atoms with van der Waals surface area (Å²) < 4.78 is 5.80. The van der Waals surface area contributed by atoms with Crippen LogP contribution in [0.5, 0.6) is 0 Å². The molecule has 0 radical (unpaired) electrons. The van der Waals surface area contributed by atoms with Crippen LogP contribution in [0.25, 0.3) is 16.6 Å². The van der Waals surface area contributed by atoms with Crippen LogP contribution in [-0.2, 0) is 9.53 Å². The molecule has 146 valence electrons. The number of fused-ring (bicyclic) bond motifs is 3. The molecule has 1 N–H and O–H groups in total. The third-order valence-corrected chi connectivity index (χ3v) is 5.13. The SMILES string of the molecule is CCC(C)C(C)C(=O)Nc1ccc2ncn3c(=O)c(C(=O)OC)cnc3c2c1. The second-order valence-electron chi connectivity index (χ2n) is 6.80. The van der Waals surface area contributed by atoms with Crippen LogP contribution in [0.1, 0.15) is 37.6 Å². The van der Waals surface area contributed by atoms with Gasteiger partial charge in [0.05, 0.1) is 12.6 Å². The van der Waals surface area contributed by atoms with Crippen LogP contribution < -0.4 is 10.9 Å². The summed E-state index contributed by atoms with van der Waals surface area (Å²) in [7, 11) is 1.20.